The molecule has 136 valence electrons. The van der Waals surface area contributed by atoms with Crippen LogP contribution in [0.15, 0.2) is 42.5 Å². The number of benzene rings is 1. The van der Waals surface area contributed by atoms with Crippen LogP contribution in [0.2, 0.25) is 39.3 Å². The van der Waals surface area contributed by atoms with Crippen LogP contribution in [-0.2, 0) is 4.57 Å². The van der Waals surface area contributed by atoms with E-state index in [1.165, 1.54) is 18.8 Å². The van der Waals surface area contributed by atoms with Crippen LogP contribution >= 0.6 is 29.8 Å². The smallest absolute Gasteiger partial charge is 0.173 e. The molecule has 2 aromatic heterocycles. The van der Waals surface area contributed by atoms with Gasteiger partial charge in [0.05, 0.1) is 25.9 Å². The van der Waals surface area contributed by atoms with Gasteiger partial charge in [-0.15, -0.1) is 22.7 Å². The maximum atomic E-state index is 14.6. The summed E-state index contributed by atoms with van der Waals surface area (Å²) in [6.07, 6.45) is 0. The molecule has 0 spiro atoms. The van der Waals surface area contributed by atoms with Gasteiger partial charge in [-0.1, -0.05) is 69.6 Å². The third kappa shape index (κ3) is 2.71. The zero-order valence-corrected chi connectivity index (χ0v) is 20.7. The normalized spacial score (nSPS) is 15.8. The Kier molecular flexibility index (Phi) is 4.22. The number of hydrogen-bond acceptors (Lipinski definition) is 3. The van der Waals surface area contributed by atoms with Crippen LogP contribution in [0.5, 0.6) is 0 Å². The first-order valence-corrected chi connectivity index (χ1v) is 19.3. The molecule has 0 N–H and O–H groups in total. The summed E-state index contributed by atoms with van der Waals surface area (Å²) in [5.74, 6) is 0. The number of fused-ring (bicyclic) bond motifs is 3. The van der Waals surface area contributed by atoms with Crippen LogP contribution in [0.4, 0.5) is 0 Å². The Morgan fingerprint density at radius 2 is 1.15 bits per heavy atom. The number of rotatable bonds is 3. The second-order valence-electron chi connectivity index (χ2n) is 9.09. The lowest BCUT2D eigenvalue weighted by Crippen LogP contribution is -2.36. The quantitative estimate of drug-likeness (QED) is 0.344. The van der Waals surface area contributed by atoms with Crippen LogP contribution in [-0.4, -0.2) is 16.1 Å². The van der Waals surface area contributed by atoms with Gasteiger partial charge in [-0.3, -0.25) is 0 Å². The molecule has 0 fully saturated rings. The van der Waals surface area contributed by atoms with Crippen molar-refractivity contribution in [2.24, 2.45) is 0 Å². The van der Waals surface area contributed by atoms with E-state index in [1.54, 1.807) is 0 Å². The standard InChI is InChI=1S/C20H25OPS2Si2/c1-25(2,3)17-12-15-19(23-17)20-16(13-18(24-20)26(4,5)6)22(15,21)14-10-8-7-9-11-14/h7-13H,1-6H3. The molecule has 4 rings (SSSR count). The first kappa shape index (κ1) is 18.6. The summed E-state index contributed by atoms with van der Waals surface area (Å²) >= 11 is 3.82. The molecule has 1 aliphatic heterocycles. The molecule has 0 saturated heterocycles. The van der Waals surface area contributed by atoms with E-state index < -0.39 is 23.3 Å². The molecule has 3 heterocycles. The highest BCUT2D eigenvalue weighted by Gasteiger charge is 2.45. The predicted octanol–water partition coefficient (Wildman–Crippen LogP) is 4.52. The molecule has 3 aromatic rings. The minimum atomic E-state index is -2.73. The lowest BCUT2D eigenvalue weighted by atomic mass is 10.4. The molecule has 0 amide bonds. The van der Waals surface area contributed by atoms with E-state index in [9.17, 15) is 4.57 Å². The maximum Gasteiger partial charge on any atom is 0.173 e. The highest BCUT2D eigenvalue weighted by Crippen LogP contribution is 2.55. The largest absolute Gasteiger partial charge is 0.309 e. The topological polar surface area (TPSA) is 17.1 Å². The van der Waals surface area contributed by atoms with Crippen molar-refractivity contribution in [1.29, 1.82) is 0 Å². The Morgan fingerprint density at radius 3 is 1.54 bits per heavy atom. The van der Waals surface area contributed by atoms with Gasteiger partial charge in [0.15, 0.2) is 7.14 Å². The molecular formula is C20H25OPS2Si2. The first-order valence-electron chi connectivity index (χ1n) is 8.99. The van der Waals surface area contributed by atoms with Crippen LogP contribution in [0.25, 0.3) is 9.75 Å². The molecule has 26 heavy (non-hydrogen) atoms. The number of hydrogen-bond donors (Lipinski definition) is 0. The van der Waals surface area contributed by atoms with E-state index in [1.807, 2.05) is 40.9 Å². The van der Waals surface area contributed by atoms with Crippen molar-refractivity contribution < 1.29 is 4.57 Å². The molecule has 1 aliphatic rings. The van der Waals surface area contributed by atoms with E-state index in [4.69, 9.17) is 0 Å². The monoisotopic (exact) mass is 432 g/mol. The van der Waals surface area contributed by atoms with E-state index in [2.05, 4.69) is 63.5 Å². The third-order valence-electron chi connectivity index (χ3n) is 4.91. The van der Waals surface area contributed by atoms with Gasteiger partial charge in [-0.25, -0.2) is 0 Å². The summed E-state index contributed by atoms with van der Waals surface area (Å²) in [6.45, 7) is 14.3. The summed E-state index contributed by atoms with van der Waals surface area (Å²) < 4.78 is 17.5. The van der Waals surface area contributed by atoms with Crippen LogP contribution < -0.4 is 24.9 Å². The molecule has 0 unspecified atom stereocenters. The molecule has 6 heteroatoms. The zero-order chi connectivity index (χ0) is 18.9. The zero-order valence-electron chi connectivity index (χ0n) is 16.2. The van der Waals surface area contributed by atoms with Gasteiger partial charge in [-0.2, -0.15) is 0 Å². The van der Waals surface area contributed by atoms with E-state index in [0.717, 1.165) is 15.9 Å². The molecular weight excluding hydrogens is 407 g/mol. The summed E-state index contributed by atoms with van der Waals surface area (Å²) in [7, 11) is -5.59. The average molecular weight is 433 g/mol. The van der Waals surface area contributed by atoms with Crippen molar-refractivity contribution >= 4 is 70.9 Å². The first-order chi connectivity index (χ1) is 12.0. The second kappa shape index (κ2) is 5.89. The van der Waals surface area contributed by atoms with Gasteiger partial charge in [0.2, 0.25) is 0 Å². The van der Waals surface area contributed by atoms with Gasteiger partial charge >= 0.3 is 0 Å². The minimum absolute atomic E-state index is 0.986. The van der Waals surface area contributed by atoms with Crippen molar-refractivity contribution in [2.75, 3.05) is 0 Å². The summed E-state index contributed by atoms with van der Waals surface area (Å²) in [5, 5.41) is 3.20. The Hall–Kier alpha value is -0.716. The summed E-state index contributed by atoms with van der Waals surface area (Å²) in [5.41, 5.74) is 0. The van der Waals surface area contributed by atoms with Crippen molar-refractivity contribution in [1.82, 2.24) is 0 Å². The number of thiophene rings is 2. The maximum absolute atomic E-state index is 14.6. The molecule has 0 radical (unpaired) electrons. The molecule has 1 nitrogen and oxygen atoms in total. The van der Waals surface area contributed by atoms with Crippen molar-refractivity contribution in [3.05, 3.63) is 42.5 Å². The van der Waals surface area contributed by atoms with E-state index >= 15 is 0 Å². The van der Waals surface area contributed by atoms with Crippen molar-refractivity contribution in [3.8, 4) is 9.75 Å². The van der Waals surface area contributed by atoms with Gasteiger partial charge < -0.3 is 4.57 Å². The summed E-state index contributed by atoms with van der Waals surface area (Å²) in [4.78, 5) is 2.58. The van der Waals surface area contributed by atoms with Crippen LogP contribution in [0.1, 0.15) is 0 Å². The third-order valence-corrected chi connectivity index (χ3v) is 17.9. The Labute approximate surface area is 166 Å². The molecule has 0 saturated carbocycles. The van der Waals surface area contributed by atoms with Gasteiger partial charge in [0.25, 0.3) is 0 Å². The fourth-order valence-electron chi connectivity index (χ4n) is 3.34. The van der Waals surface area contributed by atoms with Crippen LogP contribution in [0.3, 0.4) is 0 Å². The van der Waals surface area contributed by atoms with Crippen molar-refractivity contribution in [2.45, 2.75) is 39.3 Å². The lowest BCUT2D eigenvalue weighted by molar-refractivity contribution is 0.593. The lowest BCUT2D eigenvalue weighted by Gasteiger charge is -2.16. The predicted molar refractivity (Wildman–Crippen MR) is 127 cm³/mol. The van der Waals surface area contributed by atoms with Gasteiger partial charge in [0, 0.05) is 15.9 Å². The van der Waals surface area contributed by atoms with E-state index in [-0.39, 0.29) is 0 Å². The Bertz CT molecular complexity index is 974. The van der Waals surface area contributed by atoms with Gasteiger partial charge in [-0.05, 0) is 21.1 Å². The van der Waals surface area contributed by atoms with E-state index in [0.29, 0.717) is 0 Å². The second-order valence-corrected chi connectivity index (χ2v) is 24.7. The SMILES string of the molecule is C[Si](C)(C)c1cc2c(s1)-c1sc([Si](C)(C)C)cc1P2(=O)c1ccccc1. The molecule has 0 aliphatic carbocycles. The fraction of sp³-hybridized carbons (Fsp3) is 0.300. The van der Waals surface area contributed by atoms with Crippen molar-refractivity contribution in [3.63, 3.8) is 0 Å². The molecule has 0 atom stereocenters. The summed E-state index contributed by atoms with van der Waals surface area (Å²) in [6, 6.07) is 14.7. The fourth-order valence-corrected chi connectivity index (χ4v) is 13.8. The van der Waals surface area contributed by atoms with Crippen LogP contribution in [0, 0.1) is 0 Å². The van der Waals surface area contributed by atoms with Gasteiger partial charge in [0.1, 0.15) is 0 Å². The molecule has 1 aromatic carbocycles. The average Bonchev–Trinajstić information content (AvgIpc) is 3.21. The Morgan fingerprint density at radius 1 is 0.731 bits per heavy atom. The minimum Gasteiger partial charge on any atom is -0.309 e. The molecule has 0 bridgehead atoms. The highest BCUT2D eigenvalue weighted by atomic mass is 32.1. The Balaban J connectivity index is 2.04. The highest BCUT2D eigenvalue weighted by molar-refractivity contribution is 7.87.